The first kappa shape index (κ1) is 14.5. The van der Waals surface area contributed by atoms with Gasteiger partial charge in [0.1, 0.15) is 0 Å². The third-order valence-electron chi connectivity index (χ3n) is 2.65. The van der Waals surface area contributed by atoms with Crippen LogP contribution < -0.4 is 5.11 Å². The lowest BCUT2D eigenvalue weighted by molar-refractivity contribution is -0.398. The second-order valence-corrected chi connectivity index (χ2v) is 5.49. The van der Waals surface area contributed by atoms with E-state index in [4.69, 9.17) is 11.6 Å². The number of hydrogen-bond donors (Lipinski definition) is 0. The Morgan fingerprint density at radius 3 is 2.85 bits per heavy atom. The fourth-order valence-electron chi connectivity index (χ4n) is 1.63. The highest BCUT2D eigenvalue weighted by Gasteiger charge is 2.11. The van der Waals surface area contributed by atoms with Crippen molar-refractivity contribution in [2.24, 2.45) is 4.99 Å². The van der Waals surface area contributed by atoms with E-state index in [-0.39, 0.29) is 16.6 Å². The number of aliphatic imine (C=N–C) groups is 1. The molecular weight excluding hydrogens is 300 g/mol. The average Bonchev–Trinajstić information content (AvgIpc) is 2.92. The Labute approximate surface area is 124 Å². The Morgan fingerprint density at radius 2 is 2.25 bits per heavy atom. The molecule has 7 heteroatoms. The van der Waals surface area contributed by atoms with E-state index in [0.717, 1.165) is 10.9 Å². The third-order valence-corrected chi connectivity index (χ3v) is 3.91. The quantitative estimate of drug-likeness (QED) is 0.492. The molecule has 0 aliphatic heterocycles. The van der Waals surface area contributed by atoms with Crippen LogP contribution >= 0.6 is 22.9 Å². The molecule has 1 aromatic carbocycles. The van der Waals surface area contributed by atoms with Crippen LogP contribution in [-0.2, 0) is 0 Å². The van der Waals surface area contributed by atoms with Gasteiger partial charge in [-0.25, -0.2) is 0 Å². The van der Waals surface area contributed by atoms with Crippen LogP contribution in [0.15, 0.2) is 34.6 Å². The van der Waals surface area contributed by atoms with Gasteiger partial charge in [0.15, 0.2) is 0 Å². The SMILES string of the molecule is C[C@@H](N=Cc1cc(Cl)cc([N+](=O)[O-])c1[O-])c1cccs1. The summed E-state index contributed by atoms with van der Waals surface area (Å²) < 4.78 is 0. The standard InChI is InChI=1S/C13H11ClN2O3S/c1-8(12-3-2-4-20-12)15-7-9-5-10(14)6-11(13(9)17)16(18)19/h2-8,17H,1H3/p-1/t8-/m1/s1. The third kappa shape index (κ3) is 3.15. The lowest BCUT2D eigenvalue weighted by atomic mass is 10.2. The number of thiophene rings is 1. The zero-order chi connectivity index (χ0) is 14.7. The van der Waals surface area contributed by atoms with Crippen LogP contribution in [0.25, 0.3) is 0 Å². The Morgan fingerprint density at radius 1 is 1.50 bits per heavy atom. The predicted molar refractivity (Wildman–Crippen MR) is 77.9 cm³/mol. The molecule has 0 spiro atoms. The minimum Gasteiger partial charge on any atom is -0.867 e. The number of hydrogen-bond acceptors (Lipinski definition) is 5. The summed E-state index contributed by atoms with van der Waals surface area (Å²) in [5, 5.41) is 24.7. The maximum absolute atomic E-state index is 11.9. The van der Waals surface area contributed by atoms with Gasteiger partial charge in [-0.05, 0) is 35.7 Å². The number of rotatable bonds is 4. The molecule has 0 aliphatic carbocycles. The summed E-state index contributed by atoms with van der Waals surface area (Å²) in [5.41, 5.74) is -0.421. The van der Waals surface area contributed by atoms with Gasteiger partial charge in [0.05, 0.1) is 11.0 Å². The molecule has 104 valence electrons. The van der Waals surface area contributed by atoms with Gasteiger partial charge in [-0.1, -0.05) is 17.7 Å². The molecule has 0 saturated carbocycles. The van der Waals surface area contributed by atoms with Gasteiger partial charge in [0.25, 0.3) is 5.69 Å². The van der Waals surface area contributed by atoms with Crippen LogP contribution in [-0.4, -0.2) is 11.1 Å². The summed E-state index contributed by atoms with van der Waals surface area (Å²) in [6, 6.07) is 6.15. The molecule has 5 nitrogen and oxygen atoms in total. The fourth-order valence-corrected chi connectivity index (χ4v) is 2.58. The molecule has 0 fully saturated rings. The lowest BCUT2D eigenvalue weighted by Gasteiger charge is -2.11. The van der Waals surface area contributed by atoms with E-state index in [9.17, 15) is 15.2 Å². The van der Waals surface area contributed by atoms with E-state index in [1.54, 1.807) is 11.3 Å². The van der Waals surface area contributed by atoms with Crippen molar-refractivity contribution in [3.05, 3.63) is 55.2 Å². The Balaban J connectivity index is 2.32. The van der Waals surface area contributed by atoms with Crippen LogP contribution in [0.4, 0.5) is 5.69 Å². The molecule has 0 unspecified atom stereocenters. The monoisotopic (exact) mass is 309 g/mol. The van der Waals surface area contributed by atoms with Crippen molar-refractivity contribution in [2.45, 2.75) is 13.0 Å². The summed E-state index contributed by atoms with van der Waals surface area (Å²) >= 11 is 7.33. The highest BCUT2D eigenvalue weighted by molar-refractivity contribution is 7.10. The molecule has 2 aromatic rings. The Bertz CT molecular complexity index is 656. The fraction of sp³-hybridized carbons (Fsp3) is 0.154. The Kier molecular flexibility index (Phi) is 4.36. The van der Waals surface area contributed by atoms with Gasteiger partial charge >= 0.3 is 0 Å². The smallest absolute Gasteiger partial charge is 0.263 e. The van der Waals surface area contributed by atoms with Crippen molar-refractivity contribution in [1.82, 2.24) is 0 Å². The first-order valence-electron chi connectivity index (χ1n) is 5.70. The summed E-state index contributed by atoms with van der Waals surface area (Å²) in [7, 11) is 0. The summed E-state index contributed by atoms with van der Waals surface area (Å²) in [6.07, 6.45) is 1.34. The average molecular weight is 310 g/mol. The van der Waals surface area contributed by atoms with Gasteiger partial charge in [0, 0.05) is 22.2 Å². The second kappa shape index (κ2) is 6.02. The van der Waals surface area contributed by atoms with Crippen molar-refractivity contribution < 1.29 is 10.0 Å². The van der Waals surface area contributed by atoms with E-state index in [1.807, 2.05) is 24.4 Å². The van der Waals surface area contributed by atoms with Gasteiger partial charge in [-0.15, -0.1) is 11.3 Å². The molecule has 0 bridgehead atoms. The van der Waals surface area contributed by atoms with E-state index >= 15 is 0 Å². The van der Waals surface area contributed by atoms with Crippen LogP contribution in [0.3, 0.4) is 0 Å². The van der Waals surface area contributed by atoms with Crippen molar-refractivity contribution >= 4 is 34.8 Å². The molecule has 0 N–H and O–H groups in total. The summed E-state index contributed by atoms with van der Waals surface area (Å²) in [6.45, 7) is 1.88. The first-order chi connectivity index (χ1) is 9.49. The number of benzene rings is 1. The molecule has 0 amide bonds. The number of nitro groups is 1. The van der Waals surface area contributed by atoms with E-state index in [2.05, 4.69) is 4.99 Å². The Hall–Kier alpha value is -1.92. The molecule has 0 aliphatic rings. The van der Waals surface area contributed by atoms with Crippen LogP contribution in [0.5, 0.6) is 5.75 Å². The van der Waals surface area contributed by atoms with Crippen molar-refractivity contribution in [1.29, 1.82) is 0 Å². The highest BCUT2D eigenvalue weighted by Crippen LogP contribution is 2.30. The molecule has 20 heavy (non-hydrogen) atoms. The number of nitrogens with zero attached hydrogens (tertiary/aromatic N) is 2. The molecule has 0 radical (unpaired) electrons. The highest BCUT2D eigenvalue weighted by atomic mass is 35.5. The minimum atomic E-state index is -0.742. The van der Waals surface area contributed by atoms with E-state index in [1.165, 1.54) is 12.3 Å². The normalized spacial score (nSPS) is 12.7. The van der Waals surface area contributed by atoms with Crippen LogP contribution in [0.1, 0.15) is 23.4 Å². The van der Waals surface area contributed by atoms with Crippen molar-refractivity contribution in [3.8, 4) is 5.75 Å². The number of nitro benzene ring substituents is 1. The van der Waals surface area contributed by atoms with Gasteiger partial charge in [-0.3, -0.25) is 15.1 Å². The molecule has 1 aromatic heterocycles. The summed E-state index contributed by atoms with van der Waals surface area (Å²) in [4.78, 5) is 15.3. The zero-order valence-electron chi connectivity index (χ0n) is 10.4. The van der Waals surface area contributed by atoms with Gasteiger partial charge in [-0.2, -0.15) is 0 Å². The molecule has 1 heterocycles. The number of halogens is 1. The van der Waals surface area contributed by atoms with Crippen LogP contribution in [0, 0.1) is 10.1 Å². The first-order valence-corrected chi connectivity index (χ1v) is 6.96. The maximum atomic E-state index is 11.9. The summed E-state index contributed by atoms with van der Waals surface area (Å²) in [5.74, 6) is -0.679. The van der Waals surface area contributed by atoms with Crippen LogP contribution in [0.2, 0.25) is 5.02 Å². The lowest BCUT2D eigenvalue weighted by Crippen LogP contribution is -2.02. The second-order valence-electron chi connectivity index (χ2n) is 4.07. The van der Waals surface area contributed by atoms with Gasteiger partial charge in [0.2, 0.25) is 0 Å². The van der Waals surface area contributed by atoms with Crippen molar-refractivity contribution in [2.75, 3.05) is 0 Å². The molecule has 0 saturated heterocycles. The van der Waals surface area contributed by atoms with E-state index in [0.29, 0.717) is 0 Å². The maximum Gasteiger partial charge on any atom is 0.263 e. The van der Waals surface area contributed by atoms with Crippen molar-refractivity contribution in [3.63, 3.8) is 0 Å². The molecular formula is C13H10ClN2O3S-. The largest absolute Gasteiger partial charge is 0.867 e. The molecule has 2 rings (SSSR count). The minimum absolute atomic E-state index is 0.118. The predicted octanol–water partition coefficient (Wildman–Crippen LogP) is 3.56. The van der Waals surface area contributed by atoms with Gasteiger partial charge < -0.3 is 5.11 Å². The topological polar surface area (TPSA) is 78.6 Å². The molecule has 1 atom stereocenters. The van der Waals surface area contributed by atoms with E-state index < -0.39 is 16.4 Å². The zero-order valence-corrected chi connectivity index (χ0v) is 12.0.